The molecule has 0 amide bonds. The van der Waals surface area contributed by atoms with Gasteiger partial charge in [-0.15, -0.1) is 0 Å². The highest BCUT2D eigenvalue weighted by Gasteiger charge is 2.28. The van der Waals surface area contributed by atoms with Crippen molar-refractivity contribution in [1.82, 2.24) is 14.7 Å². The van der Waals surface area contributed by atoms with Gasteiger partial charge in [-0.1, -0.05) is 67.1 Å². The van der Waals surface area contributed by atoms with Crippen molar-refractivity contribution < 1.29 is 9.52 Å². The van der Waals surface area contributed by atoms with Crippen LogP contribution >= 0.6 is 0 Å². The quantitative estimate of drug-likeness (QED) is 0.554. The molecule has 35 heavy (non-hydrogen) atoms. The second-order valence-electron chi connectivity index (χ2n) is 9.75. The number of hydrogen-bond acceptors (Lipinski definition) is 6. The SMILES string of the molecule is O=c1occ(CN2CCCCC2)c(O)c1CN1CCN(C(c2ccccc2)c2ccccc2)CC1. The van der Waals surface area contributed by atoms with Gasteiger partial charge in [0, 0.05) is 44.8 Å². The lowest BCUT2D eigenvalue weighted by molar-refractivity contribution is 0.103. The van der Waals surface area contributed by atoms with E-state index in [4.69, 9.17) is 4.42 Å². The van der Waals surface area contributed by atoms with Crippen LogP contribution in [0, 0.1) is 0 Å². The molecule has 0 spiro atoms. The summed E-state index contributed by atoms with van der Waals surface area (Å²) in [6, 6.07) is 21.5. The molecule has 0 aliphatic carbocycles. The second-order valence-corrected chi connectivity index (χ2v) is 9.75. The lowest BCUT2D eigenvalue weighted by atomic mass is 9.96. The molecular formula is C29H35N3O3. The summed E-state index contributed by atoms with van der Waals surface area (Å²) >= 11 is 0. The summed E-state index contributed by atoms with van der Waals surface area (Å²) in [7, 11) is 0. The van der Waals surface area contributed by atoms with Crippen LogP contribution in [-0.2, 0) is 13.1 Å². The minimum atomic E-state index is -0.432. The Morgan fingerprint density at radius 2 is 1.31 bits per heavy atom. The number of piperidine rings is 1. The molecule has 0 unspecified atom stereocenters. The standard InChI is InChI=1S/C29H35N3O3/c33-28-25(20-30-14-8-3-9-15-30)22-35-29(34)26(28)21-31-16-18-32(19-17-31)27(23-10-4-1-5-11-23)24-12-6-2-7-13-24/h1-2,4-7,10-13,22,27,33H,3,8-9,14-21H2. The van der Waals surface area contributed by atoms with Crippen molar-refractivity contribution in [2.45, 2.75) is 38.4 Å². The van der Waals surface area contributed by atoms with Gasteiger partial charge < -0.3 is 9.52 Å². The average Bonchev–Trinajstić information content (AvgIpc) is 2.91. The molecule has 2 aromatic carbocycles. The van der Waals surface area contributed by atoms with Crippen LogP contribution < -0.4 is 5.63 Å². The zero-order valence-corrected chi connectivity index (χ0v) is 20.3. The molecule has 2 fully saturated rings. The number of piperazine rings is 1. The smallest absolute Gasteiger partial charge is 0.343 e. The van der Waals surface area contributed by atoms with Crippen LogP contribution in [0.5, 0.6) is 5.75 Å². The van der Waals surface area contributed by atoms with Crippen LogP contribution in [0.4, 0.5) is 0 Å². The van der Waals surface area contributed by atoms with Crippen molar-refractivity contribution in [3.8, 4) is 5.75 Å². The fourth-order valence-corrected chi connectivity index (χ4v) is 5.44. The second kappa shape index (κ2) is 11.2. The van der Waals surface area contributed by atoms with Crippen LogP contribution in [0.2, 0.25) is 0 Å². The van der Waals surface area contributed by atoms with Crippen LogP contribution in [0.1, 0.15) is 47.6 Å². The van der Waals surface area contributed by atoms with E-state index in [-0.39, 0.29) is 11.8 Å². The predicted octanol–water partition coefficient (Wildman–Crippen LogP) is 4.24. The molecule has 1 aromatic heterocycles. The normalized spacial score (nSPS) is 18.2. The summed E-state index contributed by atoms with van der Waals surface area (Å²) < 4.78 is 5.35. The van der Waals surface area contributed by atoms with Gasteiger partial charge in [0.25, 0.3) is 0 Å². The van der Waals surface area contributed by atoms with Crippen LogP contribution in [0.3, 0.4) is 0 Å². The van der Waals surface area contributed by atoms with Gasteiger partial charge in [-0.05, 0) is 37.1 Å². The van der Waals surface area contributed by atoms with E-state index in [1.807, 2.05) is 0 Å². The van der Waals surface area contributed by atoms with Crippen molar-refractivity contribution in [2.75, 3.05) is 39.3 Å². The van der Waals surface area contributed by atoms with Crippen molar-refractivity contribution in [1.29, 1.82) is 0 Å². The summed E-state index contributed by atoms with van der Waals surface area (Å²) in [5, 5.41) is 10.9. The molecule has 6 nitrogen and oxygen atoms in total. The number of likely N-dealkylation sites (tertiary alicyclic amines) is 1. The van der Waals surface area contributed by atoms with E-state index in [1.54, 1.807) is 0 Å². The number of hydrogen-bond donors (Lipinski definition) is 1. The summed E-state index contributed by atoms with van der Waals surface area (Å²) in [6.45, 7) is 6.52. The third-order valence-electron chi connectivity index (χ3n) is 7.37. The summed E-state index contributed by atoms with van der Waals surface area (Å²) in [6.07, 6.45) is 5.07. The number of rotatable bonds is 7. The maximum atomic E-state index is 12.5. The van der Waals surface area contributed by atoms with E-state index in [2.05, 4.69) is 75.4 Å². The number of nitrogens with zero attached hydrogens (tertiary/aromatic N) is 3. The van der Waals surface area contributed by atoms with Gasteiger partial charge in [-0.2, -0.15) is 0 Å². The Morgan fingerprint density at radius 3 is 1.91 bits per heavy atom. The highest BCUT2D eigenvalue weighted by molar-refractivity contribution is 5.36. The Kier molecular flexibility index (Phi) is 7.62. The highest BCUT2D eigenvalue weighted by atomic mass is 16.4. The van der Waals surface area contributed by atoms with Gasteiger partial charge >= 0.3 is 5.63 Å². The monoisotopic (exact) mass is 473 g/mol. The molecule has 3 aromatic rings. The molecule has 184 valence electrons. The zero-order valence-electron chi connectivity index (χ0n) is 20.3. The minimum Gasteiger partial charge on any atom is -0.507 e. The Morgan fingerprint density at radius 1 is 0.743 bits per heavy atom. The lowest BCUT2D eigenvalue weighted by Crippen LogP contribution is -2.47. The molecule has 0 radical (unpaired) electrons. The summed E-state index contributed by atoms with van der Waals surface area (Å²) in [5.74, 6) is 0.112. The third-order valence-corrected chi connectivity index (χ3v) is 7.37. The maximum Gasteiger partial charge on any atom is 0.343 e. The van der Waals surface area contributed by atoms with Crippen molar-refractivity contribution in [2.24, 2.45) is 0 Å². The minimum absolute atomic E-state index is 0.112. The fraction of sp³-hybridized carbons (Fsp3) is 0.414. The van der Waals surface area contributed by atoms with Gasteiger partial charge in [0.05, 0.1) is 11.6 Å². The zero-order chi connectivity index (χ0) is 24.0. The highest BCUT2D eigenvalue weighted by Crippen LogP contribution is 2.30. The summed E-state index contributed by atoms with van der Waals surface area (Å²) in [5.41, 5.74) is 3.24. The van der Waals surface area contributed by atoms with E-state index >= 15 is 0 Å². The lowest BCUT2D eigenvalue weighted by Gasteiger charge is -2.39. The number of benzene rings is 2. The van der Waals surface area contributed by atoms with E-state index in [9.17, 15) is 9.90 Å². The maximum absolute atomic E-state index is 12.5. The first kappa shape index (κ1) is 23.8. The molecule has 1 N–H and O–H groups in total. The van der Waals surface area contributed by atoms with Crippen LogP contribution in [0.25, 0.3) is 0 Å². The average molecular weight is 474 g/mol. The Bertz CT molecular complexity index is 1100. The molecule has 5 rings (SSSR count). The molecule has 3 heterocycles. The Balaban J connectivity index is 1.27. The molecule has 6 heteroatoms. The molecule has 2 saturated heterocycles. The van der Waals surface area contributed by atoms with Gasteiger partial charge in [-0.25, -0.2) is 4.79 Å². The van der Waals surface area contributed by atoms with E-state index in [0.717, 1.165) is 39.3 Å². The molecular weight excluding hydrogens is 438 g/mol. The molecule has 0 saturated carbocycles. The molecule has 0 atom stereocenters. The summed E-state index contributed by atoms with van der Waals surface area (Å²) in [4.78, 5) is 19.6. The molecule has 0 bridgehead atoms. The van der Waals surface area contributed by atoms with Crippen molar-refractivity contribution in [3.63, 3.8) is 0 Å². The van der Waals surface area contributed by atoms with Gasteiger partial charge in [0.15, 0.2) is 0 Å². The van der Waals surface area contributed by atoms with E-state index in [1.165, 1.54) is 36.7 Å². The first-order chi connectivity index (χ1) is 17.2. The van der Waals surface area contributed by atoms with Crippen molar-refractivity contribution >= 4 is 0 Å². The van der Waals surface area contributed by atoms with E-state index in [0.29, 0.717) is 24.2 Å². The molecule has 2 aliphatic rings. The molecule has 2 aliphatic heterocycles. The van der Waals surface area contributed by atoms with Crippen molar-refractivity contribution in [3.05, 3.63) is 99.6 Å². The predicted molar refractivity (Wildman–Crippen MR) is 137 cm³/mol. The fourth-order valence-electron chi connectivity index (χ4n) is 5.44. The topological polar surface area (TPSA) is 60.2 Å². The largest absolute Gasteiger partial charge is 0.507 e. The van der Waals surface area contributed by atoms with Gasteiger partial charge in [-0.3, -0.25) is 14.7 Å². The van der Waals surface area contributed by atoms with Crippen LogP contribution in [-0.4, -0.2) is 59.1 Å². The first-order valence-electron chi connectivity index (χ1n) is 12.8. The van der Waals surface area contributed by atoms with E-state index < -0.39 is 5.63 Å². The first-order valence-corrected chi connectivity index (χ1v) is 12.8. The van der Waals surface area contributed by atoms with Crippen LogP contribution in [0.15, 0.2) is 76.1 Å². The van der Waals surface area contributed by atoms with Gasteiger partial charge in [0.2, 0.25) is 0 Å². The number of aromatic hydroxyl groups is 1. The Hall–Kier alpha value is -2.93. The van der Waals surface area contributed by atoms with Gasteiger partial charge in [0.1, 0.15) is 12.0 Å². The third kappa shape index (κ3) is 5.67. The Labute approximate surface area is 207 Å².